The third-order valence-corrected chi connectivity index (χ3v) is 7.47. The van der Waals surface area contributed by atoms with Crippen molar-refractivity contribution in [1.29, 1.82) is 0 Å². The number of rotatable bonds is 6. The molecule has 0 aromatic heterocycles. The molecule has 0 unspecified atom stereocenters. The molecular weight excluding hydrogens is 451 g/mol. The van der Waals surface area contributed by atoms with Gasteiger partial charge in [0.2, 0.25) is 15.9 Å². The maximum atomic E-state index is 13.1. The van der Waals surface area contributed by atoms with Crippen LogP contribution in [0.2, 0.25) is 10.0 Å². The number of halogens is 2. The van der Waals surface area contributed by atoms with Crippen LogP contribution in [0.4, 0.5) is 0 Å². The topological polar surface area (TPSA) is 90.0 Å². The summed E-state index contributed by atoms with van der Waals surface area (Å²) in [6.07, 6.45) is 2.28. The van der Waals surface area contributed by atoms with Gasteiger partial charge in [-0.05, 0) is 31.4 Å². The summed E-state index contributed by atoms with van der Waals surface area (Å²) in [4.78, 5) is 30.1. The van der Waals surface area contributed by atoms with E-state index in [2.05, 4.69) is 4.72 Å². The molecule has 11 heteroatoms. The van der Waals surface area contributed by atoms with Crippen molar-refractivity contribution in [2.24, 2.45) is 0 Å². The van der Waals surface area contributed by atoms with E-state index in [1.54, 1.807) is 23.9 Å². The molecule has 1 aliphatic carbocycles. The van der Waals surface area contributed by atoms with Crippen LogP contribution in [0.1, 0.15) is 29.6 Å². The van der Waals surface area contributed by atoms with Gasteiger partial charge >= 0.3 is 0 Å². The number of carbonyl (C=O) groups excluding carboxylic acids is 2. The second kappa shape index (κ2) is 9.40. The monoisotopic (exact) mass is 476 g/mol. The molecular formula is C19H26Cl2N4O4S. The molecule has 1 aromatic carbocycles. The molecule has 0 radical (unpaired) electrons. The Morgan fingerprint density at radius 2 is 1.80 bits per heavy atom. The number of amides is 2. The van der Waals surface area contributed by atoms with E-state index < -0.39 is 10.0 Å². The molecule has 8 nitrogen and oxygen atoms in total. The number of nitrogens with one attached hydrogen (secondary N) is 1. The first-order valence-electron chi connectivity index (χ1n) is 9.81. The van der Waals surface area contributed by atoms with E-state index >= 15 is 0 Å². The van der Waals surface area contributed by atoms with Gasteiger partial charge in [0.1, 0.15) is 4.90 Å². The third kappa shape index (κ3) is 5.64. The van der Waals surface area contributed by atoms with E-state index in [-0.39, 0.29) is 38.4 Å². The summed E-state index contributed by atoms with van der Waals surface area (Å²) in [5.41, 5.74) is 0.107. The predicted octanol–water partition coefficient (Wildman–Crippen LogP) is 1.67. The van der Waals surface area contributed by atoms with Crippen LogP contribution in [-0.4, -0.2) is 87.8 Å². The zero-order valence-electron chi connectivity index (χ0n) is 17.0. The summed E-state index contributed by atoms with van der Waals surface area (Å²) in [6.45, 7) is 2.45. The highest BCUT2D eigenvalue weighted by molar-refractivity contribution is 7.89. The van der Waals surface area contributed by atoms with E-state index in [0.29, 0.717) is 39.1 Å². The van der Waals surface area contributed by atoms with Crippen molar-refractivity contribution in [3.8, 4) is 0 Å². The lowest BCUT2D eigenvalue weighted by Crippen LogP contribution is -2.39. The lowest BCUT2D eigenvalue weighted by atomic mass is 10.2. The number of nitrogens with zero attached hydrogens (tertiary/aromatic N) is 3. The standard InChI is InChI=1S/C19H26Cl2N4O4S/c1-23(2)18(26)12-24-6-3-7-25(9-8-24)19(27)14-10-17(16(21)11-15(14)20)30(28,29)22-13-4-5-13/h10-11,13,22H,3-9,12H2,1-2H3. The van der Waals surface area contributed by atoms with Gasteiger partial charge < -0.3 is 9.80 Å². The van der Waals surface area contributed by atoms with Gasteiger partial charge in [0.15, 0.2) is 0 Å². The van der Waals surface area contributed by atoms with Crippen LogP contribution >= 0.6 is 23.2 Å². The quantitative estimate of drug-likeness (QED) is 0.674. The van der Waals surface area contributed by atoms with Crippen LogP contribution in [0.3, 0.4) is 0 Å². The zero-order valence-corrected chi connectivity index (χ0v) is 19.4. The van der Waals surface area contributed by atoms with Gasteiger partial charge in [-0.3, -0.25) is 14.5 Å². The van der Waals surface area contributed by atoms with E-state index in [4.69, 9.17) is 23.2 Å². The van der Waals surface area contributed by atoms with Gasteiger partial charge in [-0.25, -0.2) is 13.1 Å². The van der Waals surface area contributed by atoms with Gasteiger partial charge in [-0.1, -0.05) is 23.2 Å². The van der Waals surface area contributed by atoms with Crippen molar-refractivity contribution in [3.05, 3.63) is 27.7 Å². The normalized spacial score (nSPS) is 18.2. The van der Waals surface area contributed by atoms with Crippen molar-refractivity contribution in [1.82, 2.24) is 19.4 Å². The molecule has 1 saturated heterocycles. The van der Waals surface area contributed by atoms with Crippen molar-refractivity contribution in [2.45, 2.75) is 30.2 Å². The van der Waals surface area contributed by atoms with Crippen molar-refractivity contribution in [2.75, 3.05) is 46.8 Å². The second-order valence-electron chi connectivity index (χ2n) is 7.87. The Morgan fingerprint density at radius 1 is 1.10 bits per heavy atom. The highest BCUT2D eigenvalue weighted by Crippen LogP contribution is 2.31. The molecule has 0 bridgehead atoms. The Balaban J connectivity index is 1.76. The van der Waals surface area contributed by atoms with E-state index in [9.17, 15) is 18.0 Å². The fourth-order valence-corrected chi connectivity index (χ4v) is 5.38. The molecule has 1 saturated carbocycles. The van der Waals surface area contributed by atoms with Gasteiger partial charge in [0.05, 0.1) is 22.2 Å². The molecule has 1 heterocycles. The number of hydrogen-bond acceptors (Lipinski definition) is 5. The molecule has 30 heavy (non-hydrogen) atoms. The number of benzene rings is 1. The first-order valence-corrected chi connectivity index (χ1v) is 12.1. The third-order valence-electron chi connectivity index (χ3n) is 5.17. The Morgan fingerprint density at radius 3 is 2.43 bits per heavy atom. The van der Waals surface area contributed by atoms with Crippen molar-refractivity contribution < 1.29 is 18.0 Å². The summed E-state index contributed by atoms with van der Waals surface area (Å²) >= 11 is 12.4. The number of carbonyl (C=O) groups is 2. The minimum atomic E-state index is -3.83. The lowest BCUT2D eigenvalue weighted by molar-refractivity contribution is -0.129. The van der Waals surface area contributed by atoms with E-state index in [1.165, 1.54) is 12.1 Å². The first kappa shape index (κ1) is 23.3. The van der Waals surface area contributed by atoms with Crippen LogP contribution in [0, 0.1) is 0 Å². The van der Waals surface area contributed by atoms with Gasteiger partial charge in [0, 0.05) is 46.3 Å². The van der Waals surface area contributed by atoms with Gasteiger partial charge in [0.25, 0.3) is 5.91 Å². The Hall–Kier alpha value is -1.39. The average Bonchev–Trinajstić information content (AvgIpc) is 3.48. The molecule has 2 amide bonds. The maximum Gasteiger partial charge on any atom is 0.255 e. The molecule has 2 fully saturated rings. The Bertz CT molecular complexity index is 935. The summed E-state index contributed by atoms with van der Waals surface area (Å²) in [7, 11) is -0.409. The number of sulfonamides is 1. The molecule has 0 spiro atoms. The SMILES string of the molecule is CN(C)C(=O)CN1CCCN(C(=O)c2cc(S(=O)(=O)NC3CC3)c(Cl)cc2Cl)CC1. The summed E-state index contributed by atoms with van der Waals surface area (Å²) in [6, 6.07) is 2.48. The smallest absolute Gasteiger partial charge is 0.255 e. The van der Waals surface area contributed by atoms with Crippen LogP contribution in [0.15, 0.2) is 17.0 Å². The van der Waals surface area contributed by atoms with Crippen LogP contribution < -0.4 is 4.72 Å². The number of hydrogen-bond donors (Lipinski definition) is 1. The maximum absolute atomic E-state index is 13.1. The average molecular weight is 477 g/mol. The van der Waals surface area contributed by atoms with E-state index in [0.717, 1.165) is 12.8 Å². The van der Waals surface area contributed by atoms with Crippen LogP contribution in [-0.2, 0) is 14.8 Å². The number of likely N-dealkylation sites (N-methyl/N-ethyl adjacent to an activating group) is 1. The Labute approximate surface area is 187 Å². The fourth-order valence-electron chi connectivity index (χ4n) is 3.22. The highest BCUT2D eigenvalue weighted by atomic mass is 35.5. The van der Waals surface area contributed by atoms with Gasteiger partial charge in [-0.2, -0.15) is 0 Å². The largest absolute Gasteiger partial charge is 0.348 e. The molecule has 1 N–H and O–H groups in total. The zero-order chi connectivity index (χ0) is 22.1. The molecule has 0 atom stereocenters. The molecule has 2 aliphatic rings. The van der Waals surface area contributed by atoms with Crippen molar-refractivity contribution >= 4 is 45.0 Å². The van der Waals surface area contributed by atoms with Crippen LogP contribution in [0.25, 0.3) is 0 Å². The summed E-state index contributed by atoms with van der Waals surface area (Å²) < 4.78 is 27.8. The van der Waals surface area contributed by atoms with Crippen LogP contribution in [0.5, 0.6) is 0 Å². The highest BCUT2D eigenvalue weighted by Gasteiger charge is 2.31. The minimum absolute atomic E-state index is 0.00790. The van der Waals surface area contributed by atoms with Crippen molar-refractivity contribution in [3.63, 3.8) is 0 Å². The molecule has 1 aliphatic heterocycles. The lowest BCUT2D eigenvalue weighted by Gasteiger charge is -2.23. The van der Waals surface area contributed by atoms with E-state index in [1.807, 2.05) is 4.90 Å². The molecule has 3 rings (SSSR count). The molecule has 166 valence electrons. The summed E-state index contributed by atoms with van der Waals surface area (Å²) in [5, 5.41) is 0.0909. The fraction of sp³-hybridized carbons (Fsp3) is 0.579. The Kier molecular flexibility index (Phi) is 7.29. The molecule has 1 aromatic rings. The second-order valence-corrected chi connectivity index (χ2v) is 10.4. The minimum Gasteiger partial charge on any atom is -0.348 e. The predicted molar refractivity (Wildman–Crippen MR) is 115 cm³/mol. The summed E-state index contributed by atoms with van der Waals surface area (Å²) in [5.74, 6) is -0.339. The first-order chi connectivity index (χ1) is 14.1. The van der Waals surface area contributed by atoms with Gasteiger partial charge in [-0.15, -0.1) is 0 Å².